The highest BCUT2D eigenvalue weighted by atomic mass is 16.5. The molecule has 1 aliphatic carbocycles. The van der Waals surface area contributed by atoms with Crippen molar-refractivity contribution in [3.63, 3.8) is 0 Å². The lowest BCUT2D eigenvalue weighted by Gasteiger charge is -2.29. The first-order chi connectivity index (χ1) is 9.28. The van der Waals surface area contributed by atoms with Crippen LogP contribution in [0.4, 0.5) is 0 Å². The molecule has 19 heavy (non-hydrogen) atoms. The van der Waals surface area contributed by atoms with Crippen LogP contribution in [0, 0.1) is 5.92 Å². The molecule has 110 valence electrons. The number of rotatable bonds is 5. The molecule has 0 aromatic rings. The quantitative estimate of drug-likeness (QED) is 0.800. The van der Waals surface area contributed by atoms with Gasteiger partial charge in [-0.15, -0.1) is 0 Å². The summed E-state index contributed by atoms with van der Waals surface area (Å²) in [5, 5.41) is 6.42. The Kier molecular flexibility index (Phi) is 6.11. The van der Waals surface area contributed by atoms with Gasteiger partial charge in [0.15, 0.2) is 0 Å². The number of nitrogens with one attached hydrogen (secondary N) is 2. The zero-order valence-electron chi connectivity index (χ0n) is 12.1. The van der Waals surface area contributed by atoms with Crippen LogP contribution >= 0.6 is 0 Å². The molecular weight excluding hydrogens is 240 g/mol. The summed E-state index contributed by atoms with van der Waals surface area (Å²) >= 11 is 0. The molecule has 0 bridgehead atoms. The molecule has 0 aromatic carbocycles. The van der Waals surface area contributed by atoms with Gasteiger partial charge in [0.05, 0.1) is 6.10 Å². The van der Waals surface area contributed by atoms with Crippen LogP contribution in [0.5, 0.6) is 0 Å². The van der Waals surface area contributed by atoms with Crippen LogP contribution in [0.2, 0.25) is 0 Å². The highest BCUT2D eigenvalue weighted by Gasteiger charge is 2.22. The van der Waals surface area contributed by atoms with E-state index in [9.17, 15) is 4.79 Å². The van der Waals surface area contributed by atoms with Gasteiger partial charge in [-0.2, -0.15) is 0 Å². The molecule has 1 saturated carbocycles. The average molecular weight is 268 g/mol. The number of ether oxygens (including phenoxy) is 1. The summed E-state index contributed by atoms with van der Waals surface area (Å²) in [6, 6.07) is 0.381. The van der Waals surface area contributed by atoms with E-state index in [0.29, 0.717) is 6.04 Å². The summed E-state index contributed by atoms with van der Waals surface area (Å²) < 4.78 is 5.68. The molecule has 1 aliphatic heterocycles. The molecule has 1 amide bonds. The Morgan fingerprint density at radius 1 is 1.16 bits per heavy atom. The molecule has 0 spiro atoms. The van der Waals surface area contributed by atoms with Crippen molar-refractivity contribution in [1.29, 1.82) is 0 Å². The van der Waals surface area contributed by atoms with E-state index < -0.39 is 0 Å². The Morgan fingerprint density at radius 3 is 2.47 bits per heavy atom. The molecular formula is C15H28N2O2. The number of piperidine rings is 1. The Hall–Kier alpha value is -0.610. The van der Waals surface area contributed by atoms with Gasteiger partial charge < -0.3 is 15.4 Å². The zero-order valence-corrected chi connectivity index (χ0v) is 12.1. The Labute approximate surface area is 116 Å². The van der Waals surface area contributed by atoms with Crippen molar-refractivity contribution in [2.75, 3.05) is 19.7 Å². The lowest BCUT2D eigenvalue weighted by Crippen LogP contribution is -2.41. The standard InChI is InChI=1S/C15H28N2O2/c1-2-12-3-5-13(6-4-12)17-15(18)11-19-14-7-9-16-10-8-14/h12-14,16H,2-11H2,1H3,(H,17,18). The third-order valence-corrected chi connectivity index (χ3v) is 4.53. The summed E-state index contributed by atoms with van der Waals surface area (Å²) in [4.78, 5) is 11.9. The molecule has 1 saturated heterocycles. The minimum atomic E-state index is 0.0680. The van der Waals surface area contributed by atoms with Crippen LogP contribution in [-0.2, 0) is 9.53 Å². The van der Waals surface area contributed by atoms with Crippen molar-refractivity contribution >= 4 is 5.91 Å². The Morgan fingerprint density at radius 2 is 1.84 bits per heavy atom. The molecule has 1 heterocycles. The Bertz CT molecular complexity index is 269. The molecule has 4 heteroatoms. The normalized spacial score (nSPS) is 29.1. The van der Waals surface area contributed by atoms with E-state index in [4.69, 9.17) is 4.74 Å². The van der Waals surface area contributed by atoms with E-state index in [2.05, 4.69) is 17.6 Å². The van der Waals surface area contributed by atoms with Crippen molar-refractivity contribution in [3.05, 3.63) is 0 Å². The molecule has 2 fully saturated rings. The average Bonchev–Trinajstić information content (AvgIpc) is 2.47. The largest absolute Gasteiger partial charge is 0.368 e. The van der Waals surface area contributed by atoms with Gasteiger partial charge in [-0.25, -0.2) is 0 Å². The van der Waals surface area contributed by atoms with Crippen molar-refractivity contribution in [2.45, 2.75) is 64.0 Å². The van der Waals surface area contributed by atoms with Crippen molar-refractivity contribution < 1.29 is 9.53 Å². The molecule has 0 atom stereocenters. The van der Waals surface area contributed by atoms with Crippen LogP contribution in [0.3, 0.4) is 0 Å². The van der Waals surface area contributed by atoms with Crippen molar-refractivity contribution in [1.82, 2.24) is 10.6 Å². The summed E-state index contributed by atoms with van der Waals surface area (Å²) in [6.45, 7) is 4.51. The van der Waals surface area contributed by atoms with Gasteiger partial charge in [-0.1, -0.05) is 13.3 Å². The fourth-order valence-electron chi connectivity index (χ4n) is 3.14. The molecule has 0 unspecified atom stereocenters. The van der Waals surface area contributed by atoms with Crippen LogP contribution in [0.25, 0.3) is 0 Å². The minimum absolute atomic E-state index is 0.0680. The lowest BCUT2D eigenvalue weighted by molar-refractivity contribution is -0.129. The number of carbonyl (C=O) groups is 1. The predicted octanol–water partition coefficient (Wildman–Crippen LogP) is 1.84. The number of amides is 1. The van der Waals surface area contributed by atoms with Gasteiger partial charge >= 0.3 is 0 Å². The molecule has 2 aliphatic rings. The highest BCUT2D eigenvalue weighted by Crippen LogP contribution is 2.26. The zero-order chi connectivity index (χ0) is 13.5. The second-order valence-electron chi connectivity index (χ2n) is 5.95. The van der Waals surface area contributed by atoms with E-state index in [0.717, 1.165) is 44.7 Å². The molecule has 4 nitrogen and oxygen atoms in total. The first kappa shape index (κ1) is 14.8. The van der Waals surface area contributed by atoms with Gasteiger partial charge in [0, 0.05) is 6.04 Å². The summed E-state index contributed by atoms with van der Waals surface area (Å²) in [5.41, 5.74) is 0. The molecule has 0 radical (unpaired) electrons. The third kappa shape index (κ3) is 5.11. The third-order valence-electron chi connectivity index (χ3n) is 4.53. The minimum Gasteiger partial charge on any atom is -0.368 e. The van der Waals surface area contributed by atoms with Crippen LogP contribution in [0.15, 0.2) is 0 Å². The van der Waals surface area contributed by atoms with Crippen LogP contribution in [0.1, 0.15) is 51.9 Å². The smallest absolute Gasteiger partial charge is 0.246 e. The first-order valence-electron chi connectivity index (χ1n) is 7.89. The molecule has 2 N–H and O–H groups in total. The second kappa shape index (κ2) is 7.85. The van der Waals surface area contributed by atoms with E-state index in [1.165, 1.54) is 19.3 Å². The number of carbonyl (C=O) groups excluding carboxylic acids is 1. The van der Waals surface area contributed by atoms with Gasteiger partial charge in [0.1, 0.15) is 6.61 Å². The lowest BCUT2D eigenvalue weighted by atomic mass is 9.84. The number of hydrogen-bond acceptors (Lipinski definition) is 3. The summed E-state index contributed by atoms with van der Waals surface area (Å²) in [6.07, 6.45) is 8.38. The van der Waals surface area contributed by atoms with Gasteiger partial charge in [0.2, 0.25) is 5.91 Å². The van der Waals surface area contributed by atoms with E-state index in [1.54, 1.807) is 0 Å². The maximum atomic E-state index is 11.9. The van der Waals surface area contributed by atoms with Gasteiger partial charge in [-0.3, -0.25) is 4.79 Å². The molecule has 0 aromatic heterocycles. The maximum absolute atomic E-state index is 11.9. The topological polar surface area (TPSA) is 50.4 Å². The Balaban J connectivity index is 1.59. The van der Waals surface area contributed by atoms with Gasteiger partial charge in [0.25, 0.3) is 0 Å². The van der Waals surface area contributed by atoms with Crippen LogP contribution < -0.4 is 10.6 Å². The second-order valence-corrected chi connectivity index (χ2v) is 5.95. The van der Waals surface area contributed by atoms with E-state index in [1.807, 2.05) is 0 Å². The fraction of sp³-hybridized carbons (Fsp3) is 0.933. The monoisotopic (exact) mass is 268 g/mol. The maximum Gasteiger partial charge on any atom is 0.246 e. The first-order valence-corrected chi connectivity index (χ1v) is 7.89. The van der Waals surface area contributed by atoms with Crippen molar-refractivity contribution in [3.8, 4) is 0 Å². The summed E-state index contributed by atoms with van der Waals surface area (Å²) in [5.74, 6) is 0.942. The van der Waals surface area contributed by atoms with E-state index >= 15 is 0 Å². The number of hydrogen-bond donors (Lipinski definition) is 2. The van der Waals surface area contributed by atoms with Crippen molar-refractivity contribution in [2.24, 2.45) is 5.92 Å². The summed E-state index contributed by atoms with van der Waals surface area (Å²) in [7, 11) is 0. The van der Waals surface area contributed by atoms with Gasteiger partial charge in [-0.05, 0) is 57.5 Å². The van der Waals surface area contributed by atoms with E-state index in [-0.39, 0.29) is 18.6 Å². The van der Waals surface area contributed by atoms with Crippen LogP contribution in [-0.4, -0.2) is 37.7 Å². The SMILES string of the molecule is CCC1CCC(NC(=O)COC2CCNCC2)CC1. The molecule has 2 rings (SSSR count). The highest BCUT2D eigenvalue weighted by molar-refractivity contribution is 5.77. The fourth-order valence-corrected chi connectivity index (χ4v) is 3.14. The predicted molar refractivity (Wildman–Crippen MR) is 76.0 cm³/mol.